The Balaban J connectivity index is 1.35. The van der Waals surface area contributed by atoms with Crippen molar-refractivity contribution in [3.63, 3.8) is 0 Å². The number of nitrogens with one attached hydrogen (secondary N) is 2. The normalized spacial score (nSPS) is 32.9. The van der Waals surface area contributed by atoms with Gasteiger partial charge in [0.25, 0.3) is 0 Å². The summed E-state index contributed by atoms with van der Waals surface area (Å²) in [5.41, 5.74) is 0.0425. The molecule has 0 radical (unpaired) electrons. The van der Waals surface area contributed by atoms with Gasteiger partial charge in [0.2, 0.25) is 5.91 Å². The highest BCUT2D eigenvalue weighted by Gasteiger charge is 2.51. The van der Waals surface area contributed by atoms with Crippen molar-refractivity contribution in [3.05, 3.63) is 22.3 Å². The van der Waals surface area contributed by atoms with Gasteiger partial charge in [0.15, 0.2) is 10.6 Å². The zero-order valence-corrected chi connectivity index (χ0v) is 15.7. The maximum atomic E-state index is 12.9. The van der Waals surface area contributed by atoms with Crippen LogP contribution in [0.25, 0.3) is 10.7 Å². The molecule has 0 atom stereocenters. The maximum Gasteiger partial charge on any atom is 0.240 e. The van der Waals surface area contributed by atoms with Crippen LogP contribution in [0.1, 0.15) is 38.5 Å². The maximum absolute atomic E-state index is 12.9. The first-order valence-corrected chi connectivity index (χ1v) is 10.4. The first kappa shape index (κ1) is 15.8. The van der Waals surface area contributed by atoms with Crippen LogP contribution in [-0.2, 0) is 11.3 Å². The van der Waals surface area contributed by atoms with E-state index in [1.54, 1.807) is 11.3 Å². The fourth-order valence-corrected chi connectivity index (χ4v) is 6.72. The van der Waals surface area contributed by atoms with Gasteiger partial charge in [0, 0.05) is 5.54 Å². The Bertz CT molecular complexity index is 816. The van der Waals surface area contributed by atoms with Gasteiger partial charge in [-0.15, -0.1) is 11.3 Å². The minimum Gasteiger partial charge on any atom is -0.349 e. The molecule has 2 heterocycles. The van der Waals surface area contributed by atoms with Crippen LogP contribution >= 0.6 is 23.6 Å². The summed E-state index contributed by atoms with van der Waals surface area (Å²) in [5, 5.41) is 12.6. The average molecular weight is 375 g/mol. The second kappa shape index (κ2) is 5.77. The number of carbonyl (C=O) groups excluding carboxylic acids is 1. The van der Waals surface area contributed by atoms with Crippen molar-refractivity contribution in [2.45, 2.75) is 50.6 Å². The largest absolute Gasteiger partial charge is 0.349 e. The van der Waals surface area contributed by atoms with E-state index in [9.17, 15) is 4.79 Å². The standard InChI is InChI=1S/C18H22N4OS2/c23-15(10-22-16(20-21-17(22)24)14-2-1-3-25-14)19-18-7-11-4-12(8-18)6-13(5-11)9-18/h1-3,11-13H,4-10H2,(H,19,23)(H,21,24). The summed E-state index contributed by atoms with van der Waals surface area (Å²) in [5.74, 6) is 3.29. The molecule has 0 unspecified atom stereocenters. The van der Waals surface area contributed by atoms with Crippen molar-refractivity contribution < 1.29 is 4.79 Å². The number of nitrogens with zero attached hydrogens (tertiary/aromatic N) is 2. The van der Waals surface area contributed by atoms with E-state index in [-0.39, 0.29) is 18.0 Å². The third kappa shape index (κ3) is 2.77. The summed E-state index contributed by atoms with van der Waals surface area (Å²) in [6.07, 6.45) is 7.64. The number of hydrogen-bond donors (Lipinski definition) is 2. The zero-order chi connectivity index (χ0) is 17.0. The van der Waals surface area contributed by atoms with Crippen molar-refractivity contribution in [2.75, 3.05) is 0 Å². The quantitative estimate of drug-likeness (QED) is 0.801. The van der Waals surface area contributed by atoms with Gasteiger partial charge in [0.05, 0.1) is 4.88 Å². The van der Waals surface area contributed by atoms with Crippen LogP contribution in [0.15, 0.2) is 17.5 Å². The Morgan fingerprint density at radius 2 is 2.00 bits per heavy atom. The fourth-order valence-electron chi connectivity index (χ4n) is 5.80. The van der Waals surface area contributed by atoms with E-state index in [1.807, 2.05) is 22.1 Å². The number of carbonyl (C=O) groups is 1. The molecular weight excluding hydrogens is 352 g/mol. The van der Waals surface area contributed by atoms with Crippen molar-refractivity contribution in [2.24, 2.45) is 17.8 Å². The van der Waals surface area contributed by atoms with Crippen LogP contribution in [0.2, 0.25) is 0 Å². The Morgan fingerprint density at radius 3 is 2.60 bits per heavy atom. The molecule has 25 heavy (non-hydrogen) atoms. The molecule has 2 N–H and O–H groups in total. The Kier molecular flexibility index (Phi) is 3.64. The van der Waals surface area contributed by atoms with Gasteiger partial charge in [-0.1, -0.05) is 6.07 Å². The topological polar surface area (TPSA) is 62.7 Å². The number of aromatic nitrogens is 3. The molecule has 132 valence electrons. The Labute approximate surface area is 155 Å². The molecule has 4 aliphatic carbocycles. The fraction of sp³-hybridized carbons (Fsp3) is 0.611. The predicted octanol–water partition coefficient (Wildman–Crippen LogP) is 3.75. The van der Waals surface area contributed by atoms with Gasteiger partial charge in [-0.25, -0.2) is 0 Å². The molecular formula is C18H22N4OS2. The van der Waals surface area contributed by atoms with Crippen molar-refractivity contribution in [3.8, 4) is 10.7 Å². The van der Waals surface area contributed by atoms with Gasteiger partial charge in [0.1, 0.15) is 6.54 Å². The third-order valence-electron chi connectivity index (χ3n) is 6.24. The van der Waals surface area contributed by atoms with Crippen molar-refractivity contribution in [1.29, 1.82) is 0 Å². The highest BCUT2D eigenvalue weighted by Crippen LogP contribution is 2.55. The Hall–Kier alpha value is -1.47. The van der Waals surface area contributed by atoms with Crippen LogP contribution in [0.3, 0.4) is 0 Å². The van der Waals surface area contributed by atoms with Crippen LogP contribution in [-0.4, -0.2) is 26.2 Å². The molecule has 0 spiro atoms. The molecule has 6 rings (SSSR count). The first-order valence-electron chi connectivity index (χ1n) is 9.10. The van der Waals surface area contributed by atoms with Gasteiger partial charge >= 0.3 is 0 Å². The number of rotatable bonds is 4. The van der Waals surface area contributed by atoms with Gasteiger partial charge in [-0.2, -0.15) is 5.10 Å². The summed E-state index contributed by atoms with van der Waals surface area (Å²) < 4.78 is 2.32. The van der Waals surface area contributed by atoms with Gasteiger partial charge in [-0.05, 0) is 79.9 Å². The molecule has 4 saturated carbocycles. The van der Waals surface area contributed by atoms with Crippen molar-refractivity contribution in [1.82, 2.24) is 20.1 Å². The minimum absolute atomic E-state index is 0.0425. The van der Waals surface area contributed by atoms with Gasteiger partial charge in [-0.3, -0.25) is 14.5 Å². The number of aromatic amines is 1. The molecule has 0 aliphatic heterocycles. The zero-order valence-electron chi connectivity index (χ0n) is 14.0. The average Bonchev–Trinajstić information content (AvgIpc) is 3.16. The molecule has 7 heteroatoms. The number of H-pyrrole nitrogens is 1. The summed E-state index contributed by atoms with van der Waals surface area (Å²) in [6.45, 7) is 0.240. The second-order valence-corrected chi connectivity index (χ2v) is 9.50. The van der Waals surface area contributed by atoms with E-state index in [2.05, 4.69) is 15.5 Å². The summed E-state index contributed by atoms with van der Waals surface area (Å²) >= 11 is 6.96. The number of hydrogen-bond acceptors (Lipinski definition) is 4. The molecule has 0 aromatic carbocycles. The number of thiophene rings is 1. The van der Waals surface area contributed by atoms with Crippen LogP contribution < -0.4 is 5.32 Å². The lowest BCUT2D eigenvalue weighted by atomic mass is 9.53. The SMILES string of the molecule is O=C(Cn1c(-c2cccs2)n[nH]c1=S)NC12CC3CC(CC(C3)C1)C2. The van der Waals surface area contributed by atoms with E-state index < -0.39 is 0 Å². The summed E-state index contributed by atoms with van der Waals surface area (Å²) in [4.78, 5) is 13.9. The molecule has 5 nitrogen and oxygen atoms in total. The van der Waals surface area contributed by atoms with Crippen LogP contribution in [0, 0.1) is 22.5 Å². The predicted molar refractivity (Wildman–Crippen MR) is 99.8 cm³/mol. The second-order valence-electron chi connectivity index (χ2n) is 8.16. The smallest absolute Gasteiger partial charge is 0.240 e. The summed E-state index contributed by atoms with van der Waals surface area (Å²) in [7, 11) is 0. The summed E-state index contributed by atoms with van der Waals surface area (Å²) in [6, 6.07) is 3.99. The number of amides is 1. The monoisotopic (exact) mass is 374 g/mol. The van der Waals surface area contributed by atoms with Gasteiger partial charge < -0.3 is 5.32 Å². The third-order valence-corrected chi connectivity index (χ3v) is 7.42. The Morgan fingerprint density at radius 1 is 1.32 bits per heavy atom. The molecule has 0 saturated heterocycles. The van der Waals surface area contributed by atoms with Crippen LogP contribution in [0.5, 0.6) is 0 Å². The highest BCUT2D eigenvalue weighted by atomic mass is 32.1. The highest BCUT2D eigenvalue weighted by molar-refractivity contribution is 7.71. The molecule has 1 amide bonds. The molecule has 2 aromatic heterocycles. The lowest BCUT2D eigenvalue weighted by Crippen LogP contribution is -2.60. The van der Waals surface area contributed by atoms with E-state index in [1.165, 1.54) is 38.5 Å². The molecule has 4 bridgehead atoms. The van der Waals surface area contributed by atoms with E-state index in [0.717, 1.165) is 28.5 Å². The molecule has 4 aliphatic rings. The van der Waals surface area contributed by atoms with Crippen molar-refractivity contribution >= 4 is 29.5 Å². The molecule has 4 fully saturated rings. The van der Waals surface area contributed by atoms with E-state index in [0.29, 0.717) is 4.77 Å². The first-order chi connectivity index (χ1) is 12.1. The van der Waals surface area contributed by atoms with E-state index in [4.69, 9.17) is 12.2 Å². The lowest BCUT2D eigenvalue weighted by Gasteiger charge is -2.56. The van der Waals surface area contributed by atoms with Crippen LogP contribution in [0.4, 0.5) is 0 Å². The van der Waals surface area contributed by atoms with E-state index >= 15 is 0 Å². The molecule has 2 aromatic rings. The lowest BCUT2D eigenvalue weighted by molar-refractivity contribution is -0.127. The minimum atomic E-state index is 0.0425.